The van der Waals surface area contributed by atoms with Gasteiger partial charge in [-0.2, -0.15) is 0 Å². The Morgan fingerprint density at radius 1 is 1.30 bits per heavy atom. The van der Waals surface area contributed by atoms with Gasteiger partial charge in [0.25, 0.3) is 0 Å². The van der Waals surface area contributed by atoms with E-state index in [9.17, 15) is 19.8 Å². The van der Waals surface area contributed by atoms with Crippen LogP contribution in [0.15, 0.2) is 43.0 Å². The van der Waals surface area contributed by atoms with Crippen LogP contribution >= 0.6 is 0 Å². The number of nitrogens with zero attached hydrogens (tertiary/aromatic N) is 1. The molecule has 1 aromatic carbocycles. The highest BCUT2D eigenvalue weighted by Gasteiger charge is 2.33. The normalized spacial score (nSPS) is 18.7. The second-order valence-electron chi connectivity index (χ2n) is 7.07. The van der Waals surface area contributed by atoms with Crippen LogP contribution in [0.2, 0.25) is 0 Å². The lowest BCUT2D eigenvalue weighted by Crippen LogP contribution is -2.44. The van der Waals surface area contributed by atoms with E-state index >= 15 is 0 Å². The number of likely N-dealkylation sites (tertiary alicyclic amines) is 1. The molecule has 0 unspecified atom stereocenters. The second-order valence-corrected chi connectivity index (χ2v) is 7.07. The number of carbonyl (C=O) groups excluding carboxylic acids is 2. The highest BCUT2D eigenvalue weighted by molar-refractivity contribution is 5.86. The van der Waals surface area contributed by atoms with Gasteiger partial charge >= 0.3 is 0 Å². The van der Waals surface area contributed by atoms with Crippen molar-refractivity contribution in [2.24, 2.45) is 5.92 Å². The molecule has 0 bridgehead atoms. The number of carbonyl (C=O) groups is 2. The van der Waals surface area contributed by atoms with Crippen molar-refractivity contribution in [3.05, 3.63) is 48.6 Å². The zero-order valence-corrected chi connectivity index (χ0v) is 15.7. The Labute approximate surface area is 160 Å². The number of nitrogens with one attached hydrogen (secondary N) is 1. The van der Waals surface area contributed by atoms with Crippen molar-refractivity contribution in [2.75, 3.05) is 19.8 Å². The van der Waals surface area contributed by atoms with E-state index in [2.05, 4.69) is 11.9 Å². The largest absolute Gasteiger partial charge is 0.394 e. The predicted octanol–water partition coefficient (Wildman–Crippen LogP) is 1.27. The summed E-state index contributed by atoms with van der Waals surface area (Å²) in [4.78, 5) is 27.0. The monoisotopic (exact) mass is 374 g/mol. The summed E-state index contributed by atoms with van der Waals surface area (Å²) in [7, 11) is 0. The van der Waals surface area contributed by atoms with Crippen molar-refractivity contribution in [2.45, 2.75) is 44.2 Å². The maximum absolute atomic E-state index is 12.8. The van der Waals surface area contributed by atoms with E-state index in [0.717, 1.165) is 18.4 Å². The average molecular weight is 374 g/mol. The summed E-state index contributed by atoms with van der Waals surface area (Å²) in [6, 6.07) is 9.09. The molecule has 0 aromatic heterocycles. The van der Waals surface area contributed by atoms with Crippen molar-refractivity contribution in [3.63, 3.8) is 0 Å². The van der Waals surface area contributed by atoms with Gasteiger partial charge in [-0.25, -0.2) is 0 Å². The number of aliphatic hydroxyl groups is 2. The molecule has 3 atom stereocenters. The zero-order valence-electron chi connectivity index (χ0n) is 15.7. The van der Waals surface area contributed by atoms with Gasteiger partial charge in [-0.1, -0.05) is 36.4 Å². The summed E-state index contributed by atoms with van der Waals surface area (Å²) in [6.07, 6.45) is 4.29. The first kappa shape index (κ1) is 21.1. The van der Waals surface area contributed by atoms with Crippen LogP contribution in [0.1, 0.15) is 31.2 Å². The number of hydrogen-bond donors (Lipinski definition) is 3. The van der Waals surface area contributed by atoms with Gasteiger partial charge in [0.15, 0.2) is 0 Å². The average Bonchev–Trinajstić information content (AvgIpc) is 3.16. The molecule has 0 saturated carbocycles. The molecule has 0 aliphatic carbocycles. The first-order chi connectivity index (χ1) is 13.1. The molecule has 0 spiro atoms. The van der Waals surface area contributed by atoms with Gasteiger partial charge in [0.1, 0.15) is 0 Å². The Hall–Kier alpha value is -2.18. The summed E-state index contributed by atoms with van der Waals surface area (Å²) in [5.74, 6) is -0.860. The van der Waals surface area contributed by atoms with Crippen molar-refractivity contribution < 1.29 is 19.8 Å². The molecule has 3 N–H and O–H groups in total. The number of hydrogen-bond acceptors (Lipinski definition) is 4. The van der Waals surface area contributed by atoms with E-state index in [1.165, 1.54) is 0 Å². The molecule has 1 saturated heterocycles. The first-order valence-corrected chi connectivity index (χ1v) is 9.55. The lowest BCUT2D eigenvalue weighted by atomic mass is 9.98. The van der Waals surface area contributed by atoms with E-state index in [4.69, 9.17) is 0 Å². The molecule has 6 heteroatoms. The van der Waals surface area contributed by atoms with Crippen LogP contribution in [-0.2, 0) is 16.0 Å². The van der Waals surface area contributed by atoms with Gasteiger partial charge in [0, 0.05) is 13.0 Å². The lowest BCUT2D eigenvalue weighted by Gasteiger charge is -2.27. The second kappa shape index (κ2) is 10.8. The van der Waals surface area contributed by atoms with Crippen molar-refractivity contribution in [1.29, 1.82) is 0 Å². The predicted molar refractivity (Wildman–Crippen MR) is 104 cm³/mol. The van der Waals surface area contributed by atoms with Crippen LogP contribution in [0.5, 0.6) is 0 Å². The summed E-state index contributed by atoms with van der Waals surface area (Å²) in [5, 5.41) is 21.9. The van der Waals surface area contributed by atoms with Crippen molar-refractivity contribution >= 4 is 11.8 Å². The molecule has 148 valence electrons. The fourth-order valence-corrected chi connectivity index (χ4v) is 3.59. The standard InChI is InChI=1S/C21H30N2O4/c1-2-7-17(21(27)23-11-6-10-19(23)15-25)13-20(26)22-18(14-24)12-16-8-4-3-5-9-16/h2-5,8-9,17-19,24-25H,1,6-7,10-15H2,(H,22,26)/t17-,18-,19+/m1/s1. The molecule has 27 heavy (non-hydrogen) atoms. The van der Waals surface area contributed by atoms with Gasteiger partial charge in [0.05, 0.1) is 31.2 Å². The Bertz CT molecular complexity index is 620. The number of aliphatic hydroxyl groups excluding tert-OH is 2. The minimum Gasteiger partial charge on any atom is -0.394 e. The summed E-state index contributed by atoms with van der Waals surface area (Å²) in [6.45, 7) is 4.09. The van der Waals surface area contributed by atoms with Gasteiger partial charge in [-0.3, -0.25) is 9.59 Å². The minimum atomic E-state index is -0.495. The third-order valence-electron chi connectivity index (χ3n) is 5.01. The maximum Gasteiger partial charge on any atom is 0.226 e. The summed E-state index contributed by atoms with van der Waals surface area (Å²) in [5.41, 5.74) is 1.03. The first-order valence-electron chi connectivity index (χ1n) is 9.55. The van der Waals surface area contributed by atoms with E-state index in [0.29, 0.717) is 19.4 Å². The lowest BCUT2D eigenvalue weighted by molar-refractivity contribution is -0.139. The number of rotatable bonds is 10. The molecule has 6 nitrogen and oxygen atoms in total. The molecule has 1 fully saturated rings. The van der Waals surface area contributed by atoms with Crippen LogP contribution in [0.25, 0.3) is 0 Å². The quantitative estimate of drug-likeness (QED) is 0.538. The molecule has 0 radical (unpaired) electrons. The van der Waals surface area contributed by atoms with E-state index < -0.39 is 12.0 Å². The number of allylic oxidation sites excluding steroid dienone is 1. The Morgan fingerprint density at radius 3 is 2.67 bits per heavy atom. The molecule has 1 heterocycles. The fourth-order valence-electron chi connectivity index (χ4n) is 3.59. The van der Waals surface area contributed by atoms with Crippen molar-refractivity contribution in [1.82, 2.24) is 10.2 Å². The van der Waals surface area contributed by atoms with Crippen LogP contribution in [0, 0.1) is 5.92 Å². The molecule has 2 amide bonds. The molecule has 2 rings (SSSR count). The Balaban J connectivity index is 1.94. The van der Waals surface area contributed by atoms with Gasteiger partial charge in [-0.15, -0.1) is 6.58 Å². The molecular formula is C21H30N2O4. The smallest absolute Gasteiger partial charge is 0.226 e. The molecule has 1 aliphatic rings. The van der Waals surface area contributed by atoms with Crippen LogP contribution in [0.3, 0.4) is 0 Å². The van der Waals surface area contributed by atoms with Crippen LogP contribution in [-0.4, -0.2) is 58.8 Å². The van der Waals surface area contributed by atoms with Gasteiger partial charge < -0.3 is 20.4 Å². The van der Waals surface area contributed by atoms with Crippen LogP contribution < -0.4 is 5.32 Å². The molecular weight excluding hydrogens is 344 g/mol. The van der Waals surface area contributed by atoms with Crippen LogP contribution in [0.4, 0.5) is 0 Å². The Morgan fingerprint density at radius 2 is 2.04 bits per heavy atom. The Kier molecular flexibility index (Phi) is 8.48. The number of benzene rings is 1. The SMILES string of the molecule is C=CC[C@H](CC(=O)N[C@@H](CO)Cc1ccccc1)C(=O)N1CCC[C@H]1CO. The third-order valence-corrected chi connectivity index (χ3v) is 5.01. The zero-order chi connectivity index (χ0) is 19.6. The topological polar surface area (TPSA) is 89.9 Å². The summed E-state index contributed by atoms with van der Waals surface area (Å²) < 4.78 is 0. The molecule has 1 aliphatic heterocycles. The fraction of sp³-hybridized carbons (Fsp3) is 0.524. The molecule has 1 aromatic rings. The highest BCUT2D eigenvalue weighted by Crippen LogP contribution is 2.22. The van der Waals surface area contributed by atoms with E-state index in [1.807, 2.05) is 30.3 Å². The van der Waals surface area contributed by atoms with E-state index in [-0.39, 0.29) is 37.5 Å². The van der Waals surface area contributed by atoms with Gasteiger partial charge in [-0.05, 0) is 31.2 Å². The number of amides is 2. The van der Waals surface area contributed by atoms with E-state index in [1.54, 1.807) is 11.0 Å². The van der Waals surface area contributed by atoms with Crippen molar-refractivity contribution in [3.8, 4) is 0 Å². The maximum atomic E-state index is 12.8. The highest BCUT2D eigenvalue weighted by atomic mass is 16.3. The minimum absolute atomic E-state index is 0.0464. The summed E-state index contributed by atoms with van der Waals surface area (Å²) >= 11 is 0. The third kappa shape index (κ3) is 6.19. The van der Waals surface area contributed by atoms with Gasteiger partial charge in [0.2, 0.25) is 11.8 Å².